The topological polar surface area (TPSA) is 53.4 Å². The summed E-state index contributed by atoms with van der Waals surface area (Å²) >= 11 is 3.08. The van der Waals surface area contributed by atoms with Crippen LogP contribution in [0.25, 0.3) is 0 Å². The summed E-state index contributed by atoms with van der Waals surface area (Å²) in [5, 5.41) is 13.5. The fraction of sp³-hybridized carbons (Fsp3) is 0.524. The van der Waals surface area contributed by atoms with Crippen molar-refractivity contribution in [1.29, 1.82) is 0 Å². The predicted octanol–water partition coefficient (Wildman–Crippen LogP) is 4.79. The third-order valence-corrected chi connectivity index (χ3v) is 7.50. The quantitative estimate of drug-likeness (QED) is 0.703. The van der Waals surface area contributed by atoms with E-state index in [4.69, 9.17) is 0 Å². The highest BCUT2D eigenvalue weighted by Gasteiger charge is 2.48. The molecule has 1 N–H and O–H groups in total. The number of amides is 1. The number of nitrogens with zero attached hydrogens (tertiary/aromatic N) is 2. The van der Waals surface area contributed by atoms with Crippen molar-refractivity contribution in [3.63, 3.8) is 0 Å². The summed E-state index contributed by atoms with van der Waals surface area (Å²) in [6.07, 6.45) is 5.22. The highest BCUT2D eigenvalue weighted by atomic mass is 32.2. The first kappa shape index (κ1) is 20.4. The maximum Gasteiger partial charge on any atom is 0.273 e. The van der Waals surface area contributed by atoms with Crippen molar-refractivity contribution in [2.45, 2.75) is 55.5 Å². The second-order valence-corrected chi connectivity index (χ2v) is 9.02. The number of carbonyl (C=O) groups excluding carboxylic acids is 1. The zero-order chi connectivity index (χ0) is 19.4. The number of thioether (sulfide) groups is 1. The second-order valence-electron chi connectivity index (χ2n) is 7.11. The van der Waals surface area contributed by atoms with Gasteiger partial charge in [-0.2, -0.15) is 0 Å². The van der Waals surface area contributed by atoms with Gasteiger partial charge in [-0.1, -0.05) is 62.4 Å². The molecule has 27 heavy (non-hydrogen) atoms. The second kappa shape index (κ2) is 8.76. The van der Waals surface area contributed by atoms with Gasteiger partial charge in [-0.05, 0) is 31.1 Å². The van der Waals surface area contributed by atoms with E-state index in [2.05, 4.69) is 18.8 Å². The summed E-state index contributed by atoms with van der Waals surface area (Å²) in [6.45, 7) is 4.80. The first-order valence-electron chi connectivity index (χ1n) is 9.63. The molecule has 146 valence electrons. The smallest absolute Gasteiger partial charge is 0.273 e. The molecule has 1 amide bonds. The van der Waals surface area contributed by atoms with Crippen molar-refractivity contribution in [3.8, 4) is 0 Å². The van der Waals surface area contributed by atoms with E-state index in [9.17, 15) is 9.90 Å². The number of carbonyl (C=O) groups is 1. The Kier molecular flexibility index (Phi) is 6.61. The number of hydrogen-bond acceptors (Lipinski definition) is 5. The van der Waals surface area contributed by atoms with Crippen LogP contribution in [0.5, 0.6) is 0 Å². The molecule has 6 heteroatoms. The Morgan fingerprint density at radius 1 is 1.37 bits per heavy atom. The number of benzene rings is 1. The average molecular weight is 405 g/mol. The van der Waals surface area contributed by atoms with E-state index >= 15 is 0 Å². The van der Waals surface area contributed by atoms with Crippen LogP contribution in [-0.4, -0.2) is 39.7 Å². The van der Waals surface area contributed by atoms with Crippen LogP contribution in [0.1, 0.15) is 55.6 Å². The van der Waals surface area contributed by atoms with Crippen molar-refractivity contribution >= 4 is 29.0 Å². The Morgan fingerprint density at radius 2 is 2.11 bits per heavy atom. The first-order valence-corrected chi connectivity index (χ1v) is 11.7. The molecule has 0 saturated carbocycles. The van der Waals surface area contributed by atoms with Crippen LogP contribution < -0.4 is 0 Å². The molecule has 3 atom stereocenters. The van der Waals surface area contributed by atoms with E-state index < -0.39 is 5.60 Å². The van der Waals surface area contributed by atoms with Gasteiger partial charge in [-0.15, -0.1) is 11.3 Å². The Bertz CT molecular complexity index is 765. The molecule has 1 aliphatic heterocycles. The van der Waals surface area contributed by atoms with Crippen LogP contribution in [0.4, 0.5) is 0 Å². The van der Waals surface area contributed by atoms with Crippen LogP contribution in [0.15, 0.2) is 40.1 Å². The van der Waals surface area contributed by atoms with Gasteiger partial charge in [-0.25, -0.2) is 4.98 Å². The Hall–Kier alpha value is -1.37. The highest BCUT2D eigenvalue weighted by Crippen LogP contribution is 2.44. The number of aliphatic hydroxyl groups is 1. The van der Waals surface area contributed by atoms with Gasteiger partial charge < -0.3 is 10.0 Å². The van der Waals surface area contributed by atoms with Crippen molar-refractivity contribution in [3.05, 3.63) is 47.0 Å². The van der Waals surface area contributed by atoms with E-state index in [0.717, 1.165) is 29.2 Å². The highest BCUT2D eigenvalue weighted by molar-refractivity contribution is 8.00. The van der Waals surface area contributed by atoms with E-state index in [1.807, 2.05) is 46.9 Å². The standard InChI is InChI=1S/C21H28N2O2S2/c1-4-9-16-18(5-2)23(19(24)17-14-27-20(22-17)26-3)13-12-21(16,25)15-10-7-6-8-11-15/h6-8,10-11,14,16,18,25H,4-5,9,12-13H2,1-3H3/t16-,18+,21-/m1/s1. The van der Waals surface area contributed by atoms with Crippen molar-refractivity contribution in [2.24, 2.45) is 5.92 Å². The predicted molar refractivity (Wildman–Crippen MR) is 112 cm³/mol. The van der Waals surface area contributed by atoms with Crippen LogP contribution >= 0.6 is 23.1 Å². The molecule has 1 aromatic heterocycles. The minimum atomic E-state index is -0.888. The lowest BCUT2D eigenvalue weighted by atomic mass is 9.69. The van der Waals surface area contributed by atoms with E-state index in [1.54, 1.807) is 11.8 Å². The van der Waals surface area contributed by atoms with Gasteiger partial charge in [0.15, 0.2) is 0 Å². The van der Waals surface area contributed by atoms with Crippen LogP contribution in [0.2, 0.25) is 0 Å². The summed E-state index contributed by atoms with van der Waals surface area (Å²) in [6, 6.07) is 9.97. The molecule has 0 unspecified atom stereocenters. The molecule has 1 saturated heterocycles. The summed E-state index contributed by atoms with van der Waals surface area (Å²) < 4.78 is 0.911. The van der Waals surface area contributed by atoms with E-state index in [1.165, 1.54) is 11.3 Å². The molecule has 2 aromatic rings. The molecule has 0 radical (unpaired) electrons. The zero-order valence-corrected chi connectivity index (χ0v) is 17.9. The van der Waals surface area contributed by atoms with Gasteiger partial charge in [0.1, 0.15) is 10.0 Å². The zero-order valence-electron chi connectivity index (χ0n) is 16.2. The van der Waals surface area contributed by atoms with Gasteiger partial charge in [0, 0.05) is 23.9 Å². The lowest BCUT2D eigenvalue weighted by Gasteiger charge is -2.50. The lowest BCUT2D eigenvalue weighted by molar-refractivity contribution is -0.101. The molecule has 0 aliphatic carbocycles. The summed E-state index contributed by atoms with van der Waals surface area (Å²) in [7, 11) is 0. The van der Waals surface area contributed by atoms with Gasteiger partial charge in [0.05, 0.1) is 5.60 Å². The number of aromatic nitrogens is 1. The fourth-order valence-electron chi connectivity index (χ4n) is 4.36. The molecule has 3 rings (SSSR count). The number of thiazole rings is 1. The molecule has 2 heterocycles. The molecule has 1 aliphatic rings. The number of likely N-dealkylation sites (tertiary alicyclic amines) is 1. The molecule has 4 nitrogen and oxygen atoms in total. The van der Waals surface area contributed by atoms with E-state index in [0.29, 0.717) is 18.7 Å². The van der Waals surface area contributed by atoms with Crippen molar-refractivity contribution < 1.29 is 9.90 Å². The summed E-state index contributed by atoms with van der Waals surface area (Å²) in [5.41, 5.74) is 0.608. The monoisotopic (exact) mass is 404 g/mol. The van der Waals surface area contributed by atoms with Crippen molar-refractivity contribution in [1.82, 2.24) is 9.88 Å². The molecule has 0 spiro atoms. The fourth-order valence-corrected chi connectivity index (χ4v) is 5.59. The minimum Gasteiger partial charge on any atom is -0.385 e. The Balaban J connectivity index is 1.92. The van der Waals surface area contributed by atoms with Gasteiger partial charge in [-0.3, -0.25) is 4.79 Å². The van der Waals surface area contributed by atoms with Crippen LogP contribution in [0.3, 0.4) is 0 Å². The molecular formula is C21H28N2O2S2. The van der Waals surface area contributed by atoms with Gasteiger partial charge in [0.2, 0.25) is 0 Å². The third kappa shape index (κ3) is 3.93. The maximum atomic E-state index is 13.2. The molecule has 1 aromatic carbocycles. The van der Waals surface area contributed by atoms with Crippen LogP contribution in [0, 0.1) is 5.92 Å². The number of hydrogen-bond donors (Lipinski definition) is 1. The minimum absolute atomic E-state index is 0.00499. The summed E-state index contributed by atoms with van der Waals surface area (Å²) in [5.74, 6) is 0.0147. The van der Waals surface area contributed by atoms with Gasteiger partial charge in [0.25, 0.3) is 5.91 Å². The molecule has 1 fully saturated rings. The van der Waals surface area contributed by atoms with Crippen molar-refractivity contribution in [2.75, 3.05) is 12.8 Å². The average Bonchev–Trinajstić information content (AvgIpc) is 3.19. The lowest BCUT2D eigenvalue weighted by Crippen LogP contribution is -2.57. The third-order valence-electron chi connectivity index (χ3n) is 5.64. The maximum absolute atomic E-state index is 13.2. The Labute approximate surface area is 170 Å². The Morgan fingerprint density at radius 3 is 2.70 bits per heavy atom. The SMILES string of the molecule is CCC[C@@H]1[C@H](CC)N(C(=O)c2csc(SC)n2)CC[C@@]1(O)c1ccccc1. The largest absolute Gasteiger partial charge is 0.385 e. The molecule has 0 bridgehead atoms. The van der Waals surface area contributed by atoms with Crippen LogP contribution in [-0.2, 0) is 5.60 Å². The number of rotatable bonds is 6. The summed E-state index contributed by atoms with van der Waals surface area (Å²) in [4.78, 5) is 19.6. The van der Waals surface area contributed by atoms with E-state index in [-0.39, 0.29) is 17.9 Å². The normalized spacial score (nSPS) is 25.6. The molecular weight excluding hydrogens is 376 g/mol. The first-order chi connectivity index (χ1) is 13.0. The van der Waals surface area contributed by atoms with Gasteiger partial charge >= 0.3 is 0 Å². The number of piperidine rings is 1.